The second-order valence-corrected chi connectivity index (χ2v) is 2.44. The summed E-state index contributed by atoms with van der Waals surface area (Å²) in [6.45, 7) is 0.605. The molecular formula is C7H15N5. The molecule has 0 saturated heterocycles. The van der Waals surface area contributed by atoms with Gasteiger partial charge in [0.25, 0.3) is 0 Å². The summed E-state index contributed by atoms with van der Waals surface area (Å²) in [7, 11) is 1.72. The van der Waals surface area contributed by atoms with Crippen LogP contribution in [-0.4, -0.2) is 30.7 Å². The van der Waals surface area contributed by atoms with Crippen LogP contribution in [0, 0.1) is 10.8 Å². The fraction of sp³-hybridized carbons (Fsp3) is 0.429. The molecule has 0 aromatic rings. The molecule has 0 amide bonds. The van der Waals surface area contributed by atoms with Gasteiger partial charge in [0.1, 0.15) is 0 Å². The van der Waals surface area contributed by atoms with Gasteiger partial charge in [-0.2, -0.15) is 0 Å². The molecule has 0 aliphatic rings. The van der Waals surface area contributed by atoms with Crippen molar-refractivity contribution in [3.63, 3.8) is 0 Å². The van der Waals surface area contributed by atoms with Crippen molar-refractivity contribution >= 4 is 12.2 Å². The Morgan fingerprint density at radius 2 is 2.17 bits per heavy atom. The van der Waals surface area contributed by atoms with Gasteiger partial charge in [-0.05, 0) is 18.2 Å². The highest BCUT2D eigenvalue weighted by Gasteiger charge is 1.99. The van der Waals surface area contributed by atoms with Crippen LogP contribution in [-0.2, 0) is 0 Å². The van der Waals surface area contributed by atoms with Crippen LogP contribution in [0.15, 0.2) is 11.8 Å². The van der Waals surface area contributed by atoms with Crippen molar-refractivity contribution < 1.29 is 0 Å². The summed E-state index contributed by atoms with van der Waals surface area (Å²) in [4.78, 5) is 1.59. The van der Waals surface area contributed by atoms with Crippen LogP contribution in [0.1, 0.15) is 6.42 Å². The molecule has 0 bridgehead atoms. The van der Waals surface area contributed by atoms with Gasteiger partial charge in [0.15, 0.2) is 5.96 Å². The minimum atomic E-state index is 0.0244. The molecule has 68 valence electrons. The minimum absolute atomic E-state index is 0.0244. The standard InChI is InChI=1S/C7H15N5/c1-12(7(10)11)3-2-6(4-8)5-9/h4-5,8H,2-3,9H2,1H3,(H3,10,11)/b6-5-,8-4?. The Morgan fingerprint density at radius 1 is 1.58 bits per heavy atom. The third-order valence-electron chi connectivity index (χ3n) is 1.55. The molecule has 0 fully saturated rings. The Balaban J connectivity index is 3.82. The SMILES string of the molecule is CN(CC/C(C=N)=C/N)C(=N)N. The molecule has 0 radical (unpaired) electrons. The Kier molecular flexibility index (Phi) is 4.52. The van der Waals surface area contributed by atoms with E-state index in [1.807, 2.05) is 0 Å². The van der Waals surface area contributed by atoms with Crippen molar-refractivity contribution in [1.82, 2.24) is 4.90 Å². The number of rotatable bonds is 4. The van der Waals surface area contributed by atoms with Crippen molar-refractivity contribution in [3.8, 4) is 0 Å². The summed E-state index contributed by atoms with van der Waals surface area (Å²) in [5, 5.41) is 14.0. The molecule has 0 aliphatic heterocycles. The van der Waals surface area contributed by atoms with E-state index in [0.717, 1.165) is 5.57 Å². The second-order valence-electron chi connectivity index (χ2n) is 2.44. The Morgan fingerprint density at radius 3 is 2.50 bits per heavy atom. The van der Waals surface area contributed by atoms with Crippen LogP contribution in [0.2, 0.25) is 0 Å². The van der Waals surface area contributed by atoms with Crippen LogP contribution in [0.4, 0.5) is 0 Å². The normalized spacial score (nSPS) is 10.9. The van der Waals surface area contributed by atoms with E-state index in [1.165, 1.54) is 12.4 Å². The van der Waals surface area contributed by atoms with E-state index in [0.29, 0.717) is 13.0 Å². The minimum Gasteiger partial charge on any atom is -0.404 e. The lowest BCUT2D eigenvalue weighted by molar-refractivity contribution is 0.501. The molecule has 6 N–H and O–H groups in total. The smallest absolute Gasteiger partial charge is 0.188 e. The van der Waals surface area contributed by atoms with Crippen molar-refractivity contribution in [2.24, 2.45) is 11.5 Å². The number of nitrogens with zero attached hydrogens (tertiary/aromatic N) is 1. The van der Waals surface area contributed by atoms with Crippen LogP contribution >= 0.6 is 0 Å². The summed E-state index contributed by atoms with van der Waals surface area (Å²) in [5.41, 5.74) is 11.2. The lowest BCUT2D eigenvalue weighted by Gasteiger charge is -2.15. The van der Waals surface area contributed by atoms with Crippen LogP contribution < -0.4 is 11.5 Å². The van der Waals surface area contributed by atoms with Crippen molar-refractivity contribution in [2.75, 3.05) is 13.6 Å². The van der Waals surface area contributed by atoms with Crippen molar-refractivity contribution in [3.05, 3.63) is 11.8 Å². The number of guanidine groups is 1. The number of hydrogen-bond donors (Lipinski definition) is 4. The van der Waals surface area contributed by atoms with E-state index >= 15 is 0 Å². The Labute approximate surface area is 72.0 Å². The molecule has 0 atom stereocenters. The summed E-state index contributed by atoms with van der Waals surface area (Å²) in [6, 6.07) is 0. The average Bonchev–Trinajstić information content (AvgIpc) is 2.05. The van der Waals surface area contributed by atoms with Gasteiger partial charge in [-0.15, -0.1) is 0 Å². The lowest BCUT2D eigenvalue weighted by atomic mass is 10.2. The van der Waals surface area contributed by atoms with Gasteiger partial charge >= 0.3 is 0 Å². The maximum Gasteiger partial charge on any atom is 0.188 e. The number of nitrogens with one attached hydrogen (secondary N) is 2. The molecule has 5 heteroatoms. The monoisotopic (exact) mass is 169 g/mol. The molecular weight excluding hydrogens is 154 g/mol. The van der Waals surface area contributed by atoms with Gasteiger partial charge in [-0.3, -0.25) is 5.41 Å². The van der Waals surface area contributed by atoms with Gasteiger partial charge in [-0.1, -0.05) is 0 Å². The summed E-state index contributed by atoms with van der Waals surface area (Å²) in [5.74, 6) is 0.0244. The molecule has 0 aromatic carbocycles. The highest BCUT2D eigenvalue weighted by Crippen LogP contribution is 1.96. The van der Waals surface area contributed by atoms with E-state index < -0.39 is 0 Å². The fourth-order valence-corrected chi connectivity index (χ4v) is 0.621. The van der Waals surface area contributed by atoms with Gasteiger partial charge in [0.05, 0.1) is 0 Å². The fourth-order valence-electron chi connectivity index (χ4n) is 0.621. The largest absolute Gasteiger partial charge is 0.404 e. The van der Waals surface area contributed by atoms with Gasteiger partial charge in [-0.25, -0.2) is 0 Å². The van der Waals surface area contributed by atoms with E-state index in [1.54, 1.807) is 11.9 Å². The molecule has 0 heterocycles. The molecule has 0 aromatic heterocycles. The Bertz CT molecular complexity index is 196. The summed E-state index contributed by atoms with van der Waals surface area (Å²) >= 11 is 0. The van der Waals surface area contributed by atoms with Crippen LogP contribution in [0.3, 0.4) is 0 Å². The van der Waals surface area contributed by atoms with E-state index in [9.17, 15) is 0 Å². The number of hydrogen-bond acceptors (Lipinski definition) is 3. The molecule has 0 unspecified atom stereocenters. The highest BCUT2D eigenvalue weighted by molar-refractivity contribution is 5.76. The summed E-state index contributed by atoms with van der Waals surface area (Å²) < 4.78 is 0. The van der Waals surface area contributed by atoms with Gasteiger partial charge in [0.2, 0.25) is 0 Å². The zero-order chi connectivity index (χ0) is 9.56. The predicted molar refractivity (Wildman–Crippen MR) is 50.2 cm³/mol. The first-order valence-corrected chi connectivity index (χ1v) is 3.58. The first kappa shape index (κ1) is 10.5. The average molecular weight is 169 g/mol. The van der Waals surface area contributed by atoms with Crippen molar-refractivity contribution in [1.29, 1.82) is 10.8 Å². The Hall–Kier alpha value is -1.52. The zero-order valence-corrected chi connectivity index (χ0v) is 7.17. The molecule has 0 rings (SSSR count). The third-order valence-corrected chi connectivity index (χ3v) is 1.55. The van der Waals surface area contributed by atoms with Crippen LogP contribution in [0.25, 0.3) is 0 Å². The first-order valence-electron chi connectivity index (χ1n) is 3.58. The van der Waals surface area contributed by atoms with Crippen molar-refractivity contribution in [2.45, 2.75) is 6.42 Å². The van der Waals surface area contributed by atoms with Gasteiger partial charge < -0.3 is 21.8 Å². The molecule has 12 heavy (non-hydrogen) atoms. The number of nitrogens with two attached hydrogens (primary N) is 2. The van der Waals surface area contributed by atoms with E-state index in [4.69, 9.17) is 22.3 Å². The molecule has 5 nitrogen and oxygen atoms in total. The zero-order valence-electron chi connectivity index (χ0n) is 7.17. The first-order chi connectivity index (χ1) is 5.61. The second kappa shape index (κ2) is 5.17. The van der Waals surface area contributed by atoms with Gasteiger partial charge in [0, 0.05) is 19.8 Å². The van der Waals surface area contributed by atoms with E-state index in [-0.39, 0.29) is 5.96 Å². The maximum absolute atomic E-state index is 7.05. The summed E-state index contributed by atoms with van der Waals surface area (Å²) in [6.07, 6.45) is 3.23. The topological polar surface area (TPSA) is 103 Å². The molecule has 0 spiro atoms. The predicted octanol–water partition coefficient (Wildman–Crippen LogP) is -0.306. The third kappa shape index (κ3) is 3.60. The maximum atomic E-state index is 7.05. The highest BCUT2D eigenvalue weighted by atomic mass is 15.2. The quantitative estimate of drug-likeness (QED) is 0.343. The molecule has 0 saturated carbocycles. The molecule has 0 aliphatic carbocycles. The lowest BCUT2D eigenvalue weighted by Crippen LogP contribution is -2.33. The van der Waals surface area contributed by atoms with Crippen LogP contribution in [0.5, 0.6) is 0 Å². The van der Waals surface area contributed by atoms with E-state index in [2.05, 4.69) is 0 Å².